The maximum Gasteiger partial charge on any atom is 0.416 e. The summed E-state index contributed by atoms with van der Waals surface area (Å²) in [5, 5.41) is 5.27. The number of hydrogen-bond acceptors (Lipinski definition) is 5. The zero-order valence-corrected chi connectivity index (χ0v) is 20.0. The van der Waals surface area contributed by atoms with Crippen molar-refractivity contribution >= 4 is 28.6 Å². The first-order valence-electron chi connectivity index (χ1n) is 11.2. The summed E-state index contributed by atoms with van der Waals surface area (Å²) in [6.07, 6.45) is -4.28. The Bertz CT molecular complexity index is 1140. The molecule has 0 atom stereocenters. The number of halogens is 3. The van der Waals surface area contributed by atoms with Crippen molar-refractivity contribution < 1.29 is 18.0 Å². The molecule has 9 heteroatoms. The van der Waals surface area contributed by atoms with Gasteiger partial charge < -0.3 is 15.1 Å². The van der Waals surface area contributed by atoms with Gasteiger partial charge in [-0.3, -0.25) is 4.79 Å². The van der Waals surface area contributed by atoms with E-state index in [1.165, 1.54) is 29.2 Å². The standard InChI is InChI=1S/C25H27F3N4OS/c1-3-31-10-12-32(13-11-31)22-9-8-20(14-17(22)2)29-23(33)15-21-16-34-24(30-21)18-4-6-19(7-5-18)25(26,27)28/h4-9,14,16H,3,10-13,15H2,1-2H3,(H,29,33). The molecule has 0 spiro atoms. The van der Waals surface area contributed by atoms with Crippen LogP contribution in [0, 0.1) is 6.92 Å². The topological polar surface area (TPSA) is 48.5 Å². The lowest BCUT2D eigenvalue weighted by atomic mass is 10.1. The van der Waals surface area contributed by atoms with Crippen LogP contribution in [0.5, 0.6) is 0 Å². The largest absolute Gasteiger partial charge is 0.416 e. The number of carbonyl (C=O) groups is 1. The number of piperazine rings is 1. The fourth-order valence-corrected chi connectivity index (χ4v) is 4.91. The molecule has 0 saturated carbocycles. The third-order valence-corrected chi connectivity index (χ3v) is 6.93. The number of aryl methyl sites for hydroxylation is 1. The van der Waals surface area contributed by atoms with Gasteiger partial charge in [0.1, 0.15) is 5.01 Å². The summed E-state index contributed by atoms with van der Waals surface area (Å²) in [6.45, 7) is 9.39. The van der Waals surface area contributed by atoms with E-state index in [4.69, 9.17) is 0 Å². The summed E-state index contributed by atoms with van der Waals surface area (Å²) in [7, 11) is 0. The van der Waals surface area contributed by atoms with Crippen molar-refractivity contribution in [3.05, 3.63) is 64.7 Å². The van der Waals surface area contributed by atoms with Crippen LogP contribution >= 0.6 is 11.3 Å². The van der Waals surface area contributed by atoms with Crippen LogP contribution in [-0.2, 0) is 17.4 Å². The van der Waals surface area contributed by atoms with Gasteiger partial charge in [-0.2, -0.15) is 13.2 Å². The molecular weight excluding hydrogens is 461 g/mol. The molecule has 34 heavy (non-hydrogen) atoms. The van der Waals surface area contributed by atoms with Crippen molar-refractivity contribution in [3.63, 3.8) is 0 Å². The van der Waals surface area contributed by atoms with Crippen molar-refractivity contribution in [1.29, 1.82) is 0 Å². The summed E-state index contributed by atoms with van der Waals surface area (Å²) in [4.78, 5) is 21.8. The van der Waals surface area contributed by atoms with Gasteiger partial charge in [-0.15, -0.1) is 11.3 Å². The SMILES string of the molecule is CCN1CCN(c2ccc(NC(=O)Cc3csc(-c4ccc(C(F)(F)F)cc4)n3)cc2C)CC1. The van der Waals surface area contributed by atoms with Crippen LogP contribution in [0.15, 0.2) is 47.8 Å². The first-order chi connectivity index (χ1) is 16.2. The lowest BCUT2D eigenvalue weighted by molar-refractivity contribution is -0.137. The van der Waals surface area contributed by atoms with Crippen LogP contribution in [0.2, 0.25) is 0 Å². The highest BCUT2D eigenvalue weighted by Gasteiger charge is 2.30. The first kappa shape index (κ1) is 24.2. The molecule has 0 radical (unpaired) electrons. The number of rotatable bonds is 6. The molecule has 1 aliphatic heterocycles. The normalized spacial score (nSPS) is 14.9. The van der Waals surface area contributed by atoms with E-state index in [9.17, 15) is 18.0 Å². The Kier molecular flexibility index (Phi) is 7.23. The molecule has 180 valence electrons. The van der Waals surface area contributed by atoms with Crippen LogP contribution in [0.25, 0.3) is 10.6 Å². The quantitative estimate of drug-likeness (QED) is 0.501. The van der Waals surface area contributed by atoms with Crippen LogP contribution < -0.4 is 10.2 Å². The third-order valence-electron chi connectivity index (χ3n) is 5.99. The minimum Gasteiger partial charge on any atom is -0.369 e. The highest BCUT2D eigenvalue weighted by Crippen LogP contribution is 2.32. The lowest BCUT2D eigenvalue weighted by Gasteiger charge is -2.36. The number of alkyl halides is 3. The first-order valence-corrected chi connectivity index (χ1v) is 12.1. The van der Waals surface area contributed by atoms with Crippen LogP contribution in [0.1, 0.15) is 23.7 Å². The highest BCUT2D eigenvalue weighted by atomic mass is 32.1. The average molecular weight is 489 g/mol. The zero-order valence-electron chi connectivity index (χ0n) is 19.2. The number of nitrogens with one attached hydrogen (secondary N) is 1. The minimum absolute atomic E-state index is 0.0942. The van der Waals surface area contributed by atoms with Gasteiger partial charge in [-0.05, 0) is 49.4 Å². The fraction of sp³-hybridized carbons (Fsp3) is 0.360. The predicted molar refractivity (Wildman–Crippen MR) is 130 cm³/mol. The van der Waals surface area contributed by atoms with E-state index in [0.29, 0.717) is 16.3 Å². The lowest BCUT2D eigenvalue weighted by Crippen LogP contribution is -2.46. The van der Waals surface area contributed by atoms with Gasteiger partial charge in [0.15, 0.2) is 0 Å². The van der Waals surface area contributed by atoms with Crippen LogP contribution in [0.3, 0.4) is 0 Å². The summed E-state index contributed by atoms with van der Waals surface area (Å²) in [5.74, 6) is -0.187. The van der Waals surface area contributed by atoms with Crippen LogP contribution in [0.4, 0.5) is 24.5 Å². The number of thiazole rings is 1. The number of nitrogens with zero attached hydrogens (tertiary/aromatic N) is 3. The molecule has 2 heterocycles. The molecule has 1 aliphatic rings. The van der Waals surface area contributed by atoms with Gasteiger partial charge in [0.2, 0.25) is 5.91 Å². The van der Waals surface area contributed by atoms with Crippen LogP contribution in [-0.4, -0.2) is 48.5 Å². The molecule has 2 aromatic carbocycles. The van der Waals surface area contributed by atoms with Gasteiger partial charge in [0, 0.05) is 48.5 Å². The maximum absolute atomic E-state index is 12.8. The Balaban J connectivity index is 1.35. The van der Waals surface area contributed by atoms with Gasteiger partial charge >= 0.3 is 6.18 Å². The summed E-state index contributed by atoms with van der Waals surface area (Å²) in [6, 6.07) is 10.8. The number of amides is 1. The molecule has 1 amide bonds. The number of likely N-dealkylation sites (N-methyl/N-ethyl adjacent to an activating group) is 1. The fourth-order valence-electron chi connectivity index (χ4n) is 4.09. The van der Waals surface area contributed by atoms with E-state index >= 15 is 0 Å². The average Bonchev–Trinajstić information content (AvgIpc) is 3.27. The van der Waals surface area contributed by atoms with Gasteiger partial charge in [-0.25, -0.2) is 4.98 Å². The smallest absolute Gasteiger partial charge is 0.369 e. The maximum atomic E-state index is 12.8. The second-order valence-corrected chi connectivity index (χ2v) is 9.22. The van der Waals surface area contributed by atoms with Crippen molar-refractivity contribution in [2.24, 2.45) is 0 Å². The van der Waals surface area contributed by atoms with Gasteiger partial charge in [0.05, 0.1) is 17.7 Å². The Labute approximate surface area is 201 Å². The molecular formula is C25H27F3N4OS. The number of hydrogen-bond donors (Lipinski definition) is 1. The minimum atomic E-state index is -4.37. The Morgan fingerprint density at radius 3 is 2.41 bits per heavy atom. The number of benzene rings is 2. The molecule has 0 aliphatic carbocycles. The summed E-state index contributed by atoms with van der Waals surface area (Å²) in [5.41, 5.74) is 3.51. The van der Waals surface area contributed by atoms with Gasteiger partial charge in [0.25, 0.3) is 0 Å². The molecule has 3 aromatic rings. The van der Waals surface area contributed by atoms with E-state index in [2.05, 4.69) is 33.1 Å². The number of carbonyl (C=O) groups excluding carboxylic acids is 1. The summed E-state index contributed by atoms with van der Waals surface area (Å²) >= 11 is 1.30. The van der Waals surface area contributed by atoms with Crippen molar-refractivity contribution in [2.45, 2.75) is 26.4 Å². The van der Waals surface area contributed by atoms with Crippen molar-refractivity contribution in [1.82, 2.24) is 9.88 Å². The molecule has 1 saturated heterocycles. The van der Waals surface area contributed by atoms with E-state index in [1.54, 1.807) is 5.38 Å². The van der Waals surface area contributed by atoms with Gasteiger partial charge in [-0.1, -0.05) is 19.1 Å². The van der Waals surface area contributed by atoms with E-state index < -0.39 is 11.7 Å². The number of aromatic nitrogens is 1. The number of anilines is 2. The Morgan fingerprint density at radius 1 is 1.09 bits per heavy atom. The summed E-state index contributed by atoms with van der Waals surface area (Å²) < 4.78 is 38.3. The van der Waals surface area contributed by atoms with E-state index in [0.717, 1.165) is 56.1 Å². The Morgan fingerprint density at radius 2 is 1.79 bits per heavy atom. The van der Waals surface area contributed by atoms with Crippen molar-refractivity contribution in [2.75, 3.05) is 42.9 Å². The molecule has 5 nitrogen and oxygen atoms in total. The third kappa shape index (κ3) is 5.77. The molecule has 0 bridgehead atoms. The molecule has 1 N–H and O–H groups in total. The van der Waals surface area contributed by atoms with E-state index in [1.807, 2.05) is 19.1 Å². The van der Waals surface area contributed by atoms with Crippen molar-refractivity contribution in [3.8, 4) is 10.6 Å². The molecule has 1 aromatic heterocycles. The molecule has 0 unspecified atom stereocenters. The monoisotopic (exact) mass is 488 g/mol. The van der Waals surface area contributed by atoms with E-state index in [-0.39, 0.29) is 12.3 Å². The highest BCUT2D eigenvalue weighted by molar-refractivity contribution is 7.13. The second-order valence-electron chi connectivity index (χ2n) is 8.37. The second kappa shape index (κ2) is 10.1. The zero-order chi connectivity index (χ0) is 24.3. The Hall–Kier alpha value is -2.91. The predicted octanol–water partition coefficient (Wildman–Crippen LogP) is 5.46. The molecule has 1 fully saturated rings. The molecule has 4 rings (SSSR count).